The Kier molecular flexibility index (Phi) is 4.33. The van der Waals surface area contributed by atoms with Crippen LogP contribution in [-0.2, 0) is 11.2 Å². The van der Waals surface area contributed by atoms with Crippen molar-refractivity contribution < 1.29 is 19.4 Å². The highest BCUT2D eigenvalue weighted by Gasteiger charge is 2.65. The molecule has 0 unspecified atom stereocenters. The molecule has 1 amide bonds. The largest absolute Gasteiger partial charge is 0.497 e. The number of β-amino-alcohol motifs (C(OH)–C–C–N with tert-alkyl or cyclic N) is 1. The Morgan fingerprint density at radius 1 is 1.35 bits per heavy atom. The van der Waals surface area contributed by atoms with Crippen LogP contribution in [0.2, 0.25) is 0 Å². The molecule has 4 fully saturated rings. The lowest BCUT2D eigenvalue weighted by atomic mass is 9.40. The molecule has 3 aliphatic carbocycles. The number of ether oxygens (including phenoxy) is 2. The summed E-state index contributed by atoms with van der Waals surface area (Å²) in [6.07, 6.45) is 1.87. The van der Waals surface area contributed by atoms with E-state index in [0.29, 0.717) is 19.5 Å². The molecule has 1 heterocycles. The van der Waals surface area contributed by atoms with Crippen molar-refractivity contribution >= 4 is 6.09 Å². The van der Waals surface area contributed by atoms with E-state index in [0.717, 1.165) is 30.6 Å². The molecule has 5 rings (SSSR count). The van der Waals surface area contributed by atoms with Gasteiger partial charge in [0.1, 0.15) is 18.0 Å². The van der Waals surface area contributed by atoms with Gasteiger partial charge in [-0.25, -0.2) is 4.79 Å². The van der Waals surface area contributed by atoms with Crippen LogP contribution in [0.25, 0.3) is 0 Å². The van der Waals surface area contributed by atoms with Crippen molar-refractivity contribution in [1.82, 2.24) is 10.6 Å². The third-order valence-electron chi connectivity index (χ3n) is 6.01. The van der Waals surface area contributed by atoms with Crippen LogP contribution >= 0.6 is 0 Å². The van der Waals surface area contributed by atoms with E-state index in [9.17, 15) is 9.90 Å². The van der Waals surface area contributed by atoms with E-state index in [1.54, 1.807) is 7.11 Å². The molecule has 1 aromatic carbocycles. The van der Waals surface area contributed by atoms with Gasteiger partial charge in [-0.15, -0.1) is 0 Å². The molecule has 1 saturated heterocycles. The number of carbonyl (C=O) groups excluding carboxylic acids is 1. The second kappa shape index (κ2) is 6.40. The van der Waals surface area contributed by atoms with E-state index in [1.807, 2.05) is 24.3 Å². The van der Waals surface area contributed by atoms with Gasteiger partial charge in [0.15, 0.2) is 0 Å². The van der Waals surface area contributed by atoms with Gasteiger partial charge in [-0.05, 0) is 48.8 Å². The van der Waals surface area contributed by atoms with E-state index in [1.165, 1.54) is 0 Å². The molecule has 7 nitrogen and oxygen atoms in total. The van der Waals surface area contributed by atoms with Gasteiger partial charge in [-0.2, -0.15) is 0 Å². The number of alkyl carbamates (subject to hydrolysis) is 1. The standard InChI is InChI=1S/C19H27N3O4/c1-25-13-4-2-12(3-5-13)6-14-16(15(23)7-21-14)26-17(24)22-11-18-8-19(20,9-18)10-18/h2-5,14-16,21,23H,6-11,20H2,1H3,(H,22,24)/t14-,15+,16+,18?,19?/m1/s1. The summed E-state index contributed by atoms with van der Waals surface area (Å²) in [5, 5.41) is 16.3. The molecule has 5 N–H and O–H groups in total. The second-order valence-electron chi connectivity index (χ2n) is 8.25. The molecule has 2 bridgehead atoms. The number of aliphatic hydroxyl groups is 1. The van der Waals surface area contributed by atoms with Crippen LogP contribution in [0.3, 0.4) is 0 Å². The number of amides is 1. The van der Waals surface area contributed by atoms with Crippen LogP contribution in [0, 0.1) is 5.41 Å². The Balaban J connectivity index is 1.29. The number of carbonyl (C=O) groups is 1. The number of hydrogen-bond donors (Lipinski definition) is 4. The zero-order chi connectivity index (χ0) is 18.4. The topological polar surface area (TPSA) is 106 Å². The molecule has 7 heteroatoms. The van der Waals surface area contributed by atoms with Crippen molar-refractivity contribution in [3.8, 4) is 5.75 Å². The summed E-state index contributed by atoms with van der Waals surface area (Å²) in [5.74, 6) is 0.799. The van der Waals surface area contributed by atoms with Crippen LogP contribution in [0.1, 0.15) is 24.8 Å². The van der Waals surface area contributed by atoms with Gasteiger partial charge in [0, 0.05) is 18.6 Å². The lowest BCUT2D eigenvalue weighted by molar-refractivity contribution is -0.127. The summed E-state index contributed by atoms with van der Waals surface area (Å²) in [5.41, 5.74) is 7.35. The number of aliphatic hydroxyl groups excluding tert-OH is 1. The number of nitrogens with one attached hydrogen (secondary N) is 2. The van der Waals surface area contributed by atoms with E-state index >= 15 is 0 Å². The first-order valence-corrected chi connectivity index (χ1v) is 9.18. The fraction of sp³-hybridized carbons (Fsp3) is 0.632. The van der Waals surface area contributed by atoms with Gasteiger partial charge in [0.2, 0.25) is 0 Å². The summed E-state index contributed by atoms with van der Waals surface area (Å²) in [6.45, 7) is 1.02. The van der Waals surface area contributed by atoms with Crippen molar-refractivity contribution in [3.05, 3.63) is 29.8 Å². The summed E-state index contributed by atoms with van der Waals surface area (Å²) in [4.78, 5) is 12.2. The fourth-order valence-electron chi connectivity index (χ4n) is 4.83. The summed E-state index contributed by atoms with van der Waals surface area (Å²) in [6, 6.07) is 7.64. The maximum atomic E-state index is 12.2. The van der Waals surface area contributed by atoms with Gasteiger partial charge in [0.05, 0.1) is 13.2 Å². The van der Waals surface area contributed by atoms with Gasteiger partial charge in [0.25, 0.3) is 0 Å². The van der Waals surface area contributed by atoms with Crippen LogP contribution < -0.4 is 21.1 Å². The normalized spacial score (nSPS) is 37.4. The number of hydrogen-bond acceptors (Lipinski definition) is 6. The smallest absolute Gasteiger partial charge is 0.407 e. The average molecular weight is 361 g/mol. The van der Waals surface area contributed by atoms with E-state index in [4.69, 9.17) is 15.2 Å². The van der Waals surface area contributed by atoms with E-state index in [2.05, 4.69) is 10.6 Å². The molecule has 0 spiro atoms. The van der Waals surface area contributed by atoms with Crippen LogP contribution in [0.15, 0.2) is 24.3 Å². The van der Waals surface area contributed by atoms with Crippen LogP contribution in [0.4, 0.5) is 4.79 Å². The summed E-state index contributed by atoms with van der Waals surface area (Å²) >= 11 is 0. The third-order valence-corrected chi connectivity index (χ3v) is 6.01. The minimum absolute atomic E-state index is 0.0284. The Hall–Kier alpha value is -1.83. The highest BCUT2D eigenvalue weighted by molar-refractivity contribution is 5.67. The molecule has 0 aromatic heterocycles. The van der Waals surface area contributed by atoms with Gasteiger partial charge in [-0.1, -0.05) is 12.1 Å². The SMILES string of the molecule is COc1ccc(C[C@H]2NC[C@H](O)[C@H]2OC(=O)NCC23CC(N)(C2)C3)cc1. The molecule has 4 aliphatic rings. The molecule has 3 atom stereocenters. The third kappa shape index (κ3) is 3.26. The zero-order valence-electron chi connectivity index (χ0n) is 15.0. The molecule has 1 aliphatic heterocycles. The summed E-state index contributed by atoms with van der Waals surface area (Å²) in [7, 11) is 1.63. The predicted octanol–water partition coefficient (Wildman–Crippen LogP) is 0.547. The minimum atomic E-state index is -0.703. The highest BCUT2D eigenvalue weighted by atomic mass is 16.6. The molecule has 26 heavy (non-hydrogen) atoms. The van der Waals surface area contributed by atoms with E-state index in [-0.39, 0.29) is 17.0 Å². The quantitative estimate of drug-likeness (QED) is 0.590. The highest BCUT2D eigenvalue weighted by Crippen LogP contribution is 2.65. The Bertz CT molecular complexity index is 658. The van der Waals surface area contributed by atoms with Crippen molar-refractivity contribution in [2.45, 2.75) is 49.5 Å². The Morgan fingerprint density at radius 3 is 2.65 bits per heavy atom. The minimum Gasteiger partial charge on any atom is -0.497 e. The molecular weight excluding hydrogens is 334 g/mol. The lowest BCUT2D eigenvalue weighted by Crippen LogP contribution is -2.74. The van der Waals surface area contributed by atoms with Crippen LogP contribution in [-0.4, -0.2) is 55.2 Å². The molecule has 0 radical (unpaired) electrons. The number of methoxy groups -OCH3 is 1. The van der Waals surface area contributed by atoms with Crippen molar-refractivity contribution in [3.63, 3.8) is 0 Å². The van der Waals surface area contributed by atoms with Crippen molar-refractivity contribution in [1.29, 1.82) is 0 Å². The maximum Gasteiger partial charge on any atom is 0.407 e. The maximum absolute atomic E-state index is 12.2. The zero-order valence-corrected chi connectivity index (χ0v) is 15.0. The van der Waals surface area contributed by atoms with Gasteiger partial charge >= 0.3 is 6.09 Å². The predicted molar refractivity (Wildman–Crippen MR) is 96.0 cm³/mol. The molecular formula is C19H27N3O4. The van der Waals surface area contributed by atoms with Crippen LogP contribution in [0.5, 0.6) is 5.75 Å². The monoisotopic (exact) mass is 361 g/mol. The first-order chi connectivity index (χ1) is 12.4. The molecule has 3 saturated carbocycles. The lowest BCUT2D eigenvalue weighted by Gasteiger charge is -2.69. The second-order valence-corrected chi connectivity index (χ2v) is 8.25. The van der Waals surface area contributed by atoms with E-state index < -0.39 is 18.3 Å². The Morgan fingerprint density at radius 2 is 2.04 bits per heavy atom. The summed E-state index contributed by atoms with van der Waals surface area (Å²) < 4.78 is 10.7. The van der Waals surface area contributed by atoms with Crippen molar-refractivity contribution in [2.24, 2.45) is 11.1 Å². The fourth-order valence-corrected chi connectivity index (χ4v) is 4.83. The van der Waals surface area contributed by atoms with Gasteiger partial charge < -0.3 is 30.9 Å². The van der Waals surface area contributed by atoms with Gasteiger partial charge in [-0.3, -0.25) is 0 Å². The molecule has 1 aromatic rings. The number of benzene rings is 1. The molecule has 142 valence electrons. The van der Waals surface area contributed by atoms with Crippen molar-refractivity contribution in [2.75, 3.05) is 20.2 Å². The Labute approximate surface area is 153 Å². The first-order valence-electron chi connectivity index (χ1n) is 9.18. The number of rotatable bonds is 6. The average Bonchev–Trinajstić information content (AvgIpc) is 2.91. The first kappa shape index (κ1) is 17.6. The number of nitrogens with two attached hydrogens (primary N) is 1.